The molecule has 0 bridgehead atoms. The molecule has 3 aliphatic rings. The average molecular weight is 356 g/mol. The molecular weight excluding hydrogens is 340 g/mol. The van der Waals surface area contributed by atoms with Crippen LogP contribution in [0.2, 0.25) is 0 Å². The minimum absolute atomic E-state index is 0.126. The van der Waals surface area contributed by atoms with Crippen molar-refractivity contribution in [1.29, 1.82) is 0 Å². The number of cyclic esters (lactones) is 1. The molecule has 7 heteroatoms. The van der Waals surface area contributed by atoms with Gasteiger partial charge in [-0.2, -0.15) is 0 Å². The minimum Gasteiger partial charge on any atom is -0.497 e. The van der Waals surface area contributed by atoms with E-state index >= 15 is 0 Å². The fourth-order valence-corrected chi connectivity index (χ4v) is 3.85. The zero-order chi connectivity index (χ0) is 17.9. The first-order valence-corrected chi connectivity index (χ1v) is 8.24. The largest absolute Gasteiger partial charge is 0.497 e. The molecule has 3 unspecified atom stereocenters. The van der Waals surface area contributed by atoms with Crippen molar-refractivity contribution >= 4 is 5.97 Å². The number of fused-ring (bicyclic) bond motifs is 3. The Kier molecular flexibility index (Phi) is 3.12. The van der Waals surface area contributed by atoms with Gasteiger partial charge in [0.15, 0.2) is 18.1 Å². The topological polar surface area (TPSA) is 83.5 Å². The minimum atomic E-state index is -1.72. The molecule has 3 aliphatic heterocycles. The molecule has 1 fully saturated rings. The lowest BCUT2D eigenvalue weighted by atomic mass is 9.75. The molecule has 0 saturated carbocycles. The lowest BCUT2D eigenvalue weighted by Gasteiger charge is -2.38. The lowest BCUT2D eigenvalue weighted by Crippen LogP contribution is -2.49. The second-order valence-corrected chi connectivity index (χ2v) is 6.53. The van der Waals surface area contributed by atoms with Crippen LogP contribution in [0.4, 0.5) is 0 Å². The summed E-state index contributed by atoms with van der Waals surface area (Å²) in [4.78, 5) is 12.4. The number of carbonyl (C=O) groups excluding carboxylic acids is 1. The molecule has 0 aromatic heterocycles. The molecule has 2 aromatic carbocycles. The quantitative estimate of drug-likeness (QED) is 0.822. The lowest BCUT2D eigenvalue weighted by molar-refractivity contribution is -0.173. The Balaban J connectivity index is 1.70. The Morgan fingerprint density at radius 3 is 2.54 bits per heavy atom. The van der Waals surface area contributed by atoms with Crippen LogP contribution in [0, 0.1) is 5.92 Å². The number of benzene rings is 2. The second-order valence-electron chi connectivity index (χ2n) is 6.53. The molecule has 2 aromatic rings. The molecule has 134 valence electrons. The van der Waals surface area contributed by atoms with Gasteiger partial charge in [0.2, 0.25) is 6.79 Å². The predicted molar refractivity (Wildman–Crippen MR) is 87.4 cm³/mol. The van der Waals surface area contributed by atoms with Crippen LogP contribution in [-0.4, -0.2) is 37.4 Å². The SMILES string of the molecule is COc1ccc(C2c3cc4c(cc3OC3(O)COC(=O)C23)OCO4)cc1. The van der Waals surface area contributed by atoms with E-state index in [9.17, 15) is 9.90 Å². The molecule has 0 aliphatic carbocycles. The smallest absolute Gasteiger partial charge is 0.317 e. The van der Waals surface area contributed by atoms with Gasteiger partial charge in [-0.3, -0.25) is 4.79 Å². The van der Waals surface area contributed by atoms with Crippen molar-refractivity contribution in [2.24, 2.45) is 5.92 Å². The molecule has 7 nitrogen and oxygen atoms in total. The molecule has 26 heavy (non-hydrogen) atoms. The zero-order valence-corrected chi connectivity index (χ0v) is 13.9. The van der Waals surface area contributed by atoms with Gasteiger partial charge in [-0.25, -0.2) is 0 Å². The van der Waals surface area contributed by atoms with Crippen LogP contribution < -0.4 is 18.9 Å². The van der Waals surface area contributed by atoms with Gasteiger partial charge in [0, 0.05) is 17.5 Å². The molecule has 0 amide bonds. The fourth-order valence-electron chi connectivity index (χ4n) is 3.85. The van der Waals surface area contributed by atoms with Crippen molar-refractivity contribution < 1.29 is 33.6 Å². The maximum Gasteiger partial charge on any atom is 0.317 e. The van der Waals surface area contributed by atoms with Crippen molar-refractivity contribution in [3.8, 4) is 23.0 Å². The fraction of sp³-hybridized carbons (Fsp3) is 0.316. The summed E-state index contributed by atoms with van der Waals surface area (Å²) >= 11 is 0. The Hall–Kier alpha value is -2.93. The molecule has 1 saturated heterocycles. The number of rotatable bonds is 2. The third-order valence-electron chi connectivity index (χ3n) is 5.10. The molecule has 3 atom stereocenters. The van der Waals surface area contributed by atoms with E-state index in [0.29, 0.717) is 23.0 Å². The molecule has 0 spiro atoms. The molecule has 1 N–H and O–H groups in total. The van der Waals surface area contributed by atoms with Crippen LogP contribution in [0.5, 0.6) is 23.0 Å². The third kappa shape index (κ3) is 2.07. The van der Waals surface area contributed by atoms with Crippen LogP contribution >= 0.6 is 0 Å². The predicted octanol–water partition coefficient (Wildman–Crippen LogP) is 1.81. The van der Waals surface area contributed by atoms with Crippen LogP contribution in [0.25, 0.3) is 0 Å². The number of ether oxygens (including phenoxy) is 5. The summed E-state index contributed by atoms with van der Waals surface area (Å²) in [5, 5.41) is 10.9. The van der Waals surface area contributed by atoms with Crippen LogP contribution in [-0.2, 0) is 9.53 Å². The number of aliphatic hydroxyl groups is 1. The monoisotopic (exact) mass is 356 g/mol. The Morgan fingerprint density at radius 1 is 1.08 bits per heavy atom. The number of hydrogen-bond donors (Lipinski definition) is 1. The maximum atomic E-state index is 12.4. The van der Waals surface area contributed by atoms with Crippen LogP contribution in [0.1, 0.15) is 17.0 Å². The van der Waals surface area contributed by atoms with Gasteiger partial charge >= 0.3 is 5.97 Å². The van der Waals surface area contributed by atoms with E-state index in [2.05, 4.69) is 0 Å². The standard InChI is InChI=1S/C19H16O7/c1-22-11-4-2-10(3-5-11)16-12-6-14-15(25-9-24-14)7-13(12)26-19(21)8-23-18(20)17(16)19/h2-7,16-17,21H,8-9H2,1H3. The van der Waals surface area contributed by atoms with Gasteiger partial charge < -0.3 is 28.8 Å². The van der Waals surface area contributed by atoms with Crippen molar-refractivity contribution in [3.63, 3.8) is 0 Å². The molecule has 5 rings (SSSR count). The number of esters is 1. The molecular formula is C19H16O7. The highest BCUT2D eigenvalue weighted by Gasteiger charge is 2.59. The van der Waals surface area contributed by atoms with Crippen molar-refractivity contribution in [1.82, 2.24) is 0 Å². The maximum absolute atomic E-state index is 12.4. The number of hydrogen-bond acceptors (Lipinski definition) is 7. The summed E-state index contributed by atoms with van der Waals surface area (Å²) in [6.45, 7) is -0.0851. The average Bonchev–Trinajstić information content (AvgIpc) is 3.22. The summed E-state index contributed by atoms with van der Waals surface area (Å²) in [5.74, 6) is -1.24. The first-order valence-electron chi connectivity index (χ1n) is 8.24. The first-order chi connectivity index (χ1) is 12.6. The highest BCUT2D eigenvalue weighted by Crippen LogP contribution is 2.53. The third-order valence-corrected chi connectivity index (χ3v) is 5.10. The summed E-state index contributed by atoms with van der Waals surface area (Å²) in [6, 6.07) is 10.9. The summed E-state index contributed by atoms with van der Waals surface area (Å²) in [5.41, 5.74) is 1.59. The van der Waals surface area contributed by atoms with E-state index in [0.717, 1.165) is 11.1 Å². The molecule has 3 heterocycles. The van der Waals surface area contributed by atoms with E-state index < -0.39 is 23.6 Å². The Bertz CT molecular complexity index is 892. The first kappa shape index (κ1) is 15.3. The second kappa shape index (κ2) is 5.28. The highest BCUT2D eigenvalue weighted by atomic mass is 16.7. The summed E-state index contributed by atoms with van der Waals surface area (Å²) < 4.78 is 27.0. The van der Waals surface area contributed by atoms with Gasteiger partial charge in [-0.1, -0.05) is 12.1 Å². The number of carbonyl (C=O) groups is 1. The van der Waals surface area contributed by atoms with E-state index in [-0.39, 0.29) is 13.4 Å². The van der Waals surface area contributed by atoms with Gasteiger partial charge in [0.25, 0.3) is 5.79 Å². The van der Waals surface area contributed by atoms with Crippen LogP contribution in [0.3, 0.4) is 0 Å². The Labute approximate surface area is 149 Å². The van der Waals surface area contributed by atoms with Gasteiger partial charge in [-0.15, -0.1) is 0 Å². The summed E-state index contributed by atoms with van der Waals surface area (Å²) in [6.07, 6.45) is 0. The number of methoxy groups -OCH3 is 1. The normalized spacial score (nSPS) is 28.0. The molecule has 0 radical (unpaired) electrons. The van der Waals surface area contributed by atoms with E-state index in [1.807, 2.05) is 24.3 Å². The summed E-state index contributed by atoms with van der Waals surface area (Å²) in [7, 11) is 1.59. The van der Waals surface area contributed by atoms with E-state index in [1.54, 1.807) is 19.2 Å². The Morgan fingerprint density at radius 2 is 1.81 bits per heavy atom. The van der Waals surface area contributed by atoms with Crippen molar-refractivity contribution in [2.75, 3.05) is 20.5 Å². The van der Waals surface area contributed by atoms with E-state index in [1.165, 1.54) is 0 Å². The highest BCUT2D eigenvalue weighted by molar-refractivity contribution is 5.79. The van der Waals surface area contributed by atoms with Crippen molar-refractivity contribution in [2.45, 2.75) is 11.7 Å². The van der Waals surface area contributed by atoms with Gasteiger partial charge in [-0.05, 0) is 23.8 Å². The van der Waals surface area contributed by atoms with Crippen LogP contribution in [0.15, 0.2) is 36.4 Å². The van der Waals surface area contributed by atoms with E-state index in [4.69, 9.17) is 23.7 Å². The van der Waals surface area contributed by atoms with Gasteiger partial charge in [0.1, 0.15) is 17.4 Å². The van der Waals surface area contributed by atoms with Crippen molar-refractivity contribution in [3.05, 3.63) is 47.5 Å². The van der Waals surface area contributed by atoms with Gasteiger partial charge in [0.05, 0.1) is 7.11 Å². The zero-order valence-electron chi connectivity index (χ0n) is 13.9.